The summed E-state index contributed by atoms with van der Waals surface area (Å²) in [4.78, 5) is 9.22. The molecule has 0 bridgehead atoms. The number of benzene rings is 1. The minimum absolute atomic E-state index is 0.0388. The fraction of sp³-hybridized carbons (Fsp3) is 0.400. The molecule has 5 aromatic rings. The molecule has 1 fully saturated rings. The van der Waals surface area contributed by atoms with Crippen molar-refractivity contribution in [2.45, 2.75) is 51.4 Å². The van der Waals surface area contributed by atoms with E-state index in [-0.39, 0.29) is 11.6 Å². The maximum atomic E-state index is 14.5. The second-order valence-corrected chi connectivity index (χ2v) is 11.2. The fourth-order valence-electron chi connectivity index (χ4n) is 6.05. The van der Waals surface area contributed by atoms with Crippen LogP contribution in [0.15, 0.2) is 48.8 Å². The molecular formula is C30H31F3N6O2. The average Bonchev–Trinajstić information content (AvgIpc) is 3.44. The van der Waals surface area contributed by atoms with E-state index in [1.165, 1.54) is 12.3 Å². The summed E-state index contributed by atoms with van der Waals surface area (Å²) in [5.41, 5.74) is 2.91. The van der Waals surface area contributed by atoms with Gasteiger partial charge >= 0.3 is 6.18 Å². The summed E-state index contributed by atoms with van der Waals surface area (Å²) in [6.45, 7) is 6.12. The Morgan fingerprint density at radius 3 is 2.46 bits per heavy atom. The zero-order chi connectivity index (χ0) is 29.1. The molecule has 1 aromatic carbocycles. The van der Waals surface area contributed by atoms with Crippen LogP contribution in [-0.2, 0) is 23.6 Å². The van der Waals surface area contributed by atoms with Crippen LogP contribution >= 0.6 is 0 Å². The van der Waals surface area contributed by atoms with E-state index in [0.29, 0.717) is 53.9 Å². The fourth-order valence-corrected chi connectivity index (χ4v) is 6.05. The first kappa shape index (κ1) is 27.3. The summed E-state index contributed by atoms with van der Waals surface area (Å²) in [7, 11) is 1.79. The Morgan fingerprint density at radius 2 is 1.80 bits per heavy atom. The molecular weight excluding hydrogens is 533 g/mol. The van der Waals surface area contributed by atoms with Gasteiger partial charge in [-0.1, -0.05) is 17.3 Å². The third-order valence-electron chi connectivity index (χ3n) is 8.03. The molecule has 1 atom stereocenters. The Morgan fingerprint density at radius 1 is 1.05 bits per heavy atom. The van der Waals surface area contributed by atoms with Gasteiger partial charge in [-0.15, -0.1) is 5.10 Å². The van der Waals surface area contributed by atoms with Gasteiger partial charge in [-0.3, -0.25) is 9.97 Å². The van der Waals surface area contributed by atoms with E-state index in [2.05, 4.69) is 15.3 Å². The van der Waals surface area contributed by atoms with Gasteiger partial charge in [0.15, 0.2) is 0 Å². The third kappa shape index (κ3) is 4.76. The number of aromatic nitrogens is 6. The molecule has 4 aromatic heterocycles. The van der Waals surface area contributed by atoms with E-state index >= 15 is 0 Å². The predicted octanol–water partition coefficient (Wildman–Crippen LogP) is 5.95. The summed E-state index contributed by atoms with van der Waals surface area (Å²) in [6, 6.07) is 9.17. The van der Waals surface area contributed by atoms with Crippen LogP contribution in [0.25, 0.3) is 33.2 Å². The van der Waals surface area contributed by atoms with Crippen LogP contribution in [0.3, 0.4) is 0 Å². The maximum Gasteiger partial charge on any atom is 0.418 e. The normalized spacial score (nSPS) is 16.1. The number of rotatable bonds is 5. The Bertz CT molecular complexity index is 1730. The lowest BCUT2D eigenvalue weighted by molar-refractivity contribution is -0.139. The van der Waals surface area contributed by atoms with Crippen LogP contribution in [0.1, 0.15) is 55.2 Å². The summed E-state index contributed by atoms with van der Waals surface area (Å²) in [5, 5.41) is 20.0. The average molecular weight is 565 g/mol. The van der Waals surface area contributed by atoms with Crippen LogP contribution in [0, 0.1) is 12.8 Å². The monoisotopic (exact) mass is 564 g/mol. The molecule has 1 aliphatic rings. The van der Waals surface area contributed by atoms with Gasteiger partial charge in [0.1, 0.15) is 0 Å². The van der Waals surface area contributed by atoms with E-state index in [1.54, 1.807) is 31.8 Å². The van der Waals surface area contributed by atoms with Crippen LogP contribution in [-0.4, -0.2) is 47.8 Å². The molecule has 0 amide bonds. The smallest absolute Gasteiger partial charge is 0.386 e. The summed E-state index contributed by atoms with van der Waals surface area (Å²) in [6.07, 6.45) is -0.287. The lowest BCUT2D eigenvalue weighted by Crippen LogP contribution is -2.29. The molecule has 1 saturated heterocycles. The van der Waals surface area contributed by atoms with Gasteiger partial charge in [-0.2, -0.15) is 13.2 Å². The van der Waals surface area contributed by atoms with Crippen molar-refractivity contribution in [2.24, 2.45) is 13.0 Å². The van der Waals surface area contributed by atoms with Crippen molar-refractivity contribution in [2.75, 3.05) is 13.2 Å². The Kier molecular flexibility index (Phi) is 6.61. The number of halogens is 3. The number of aliphatic hydroxyl groups is 1. The van der Waals surface area contributed by atoms with Crippen molar-refractivity contribution in [1.82, 2.24) is 29.5 Å². The number of pyridine rings is 2. The number of hydrogen-bond acceptors (Lipinski definition) is 6. The van der Waals surface area contributed by atoms with Gasteiger partial charge in [0.25, 0.3) is 0 Å². The molecule has 0 spiro atoms. The van der Waals surface area contributed by atoms with E-state index < -0.39 is 23.4 Å². The molecule has 8 nitrogen and oxygen atoms in total. The molecule has 0 saturated carbocycles. The zero-order valence-electron chi connectivity index (χ0n) is 23.3. The molecule has 0 aliphatic carbocycles. The van der Waals surface area contributed by atoms with Crippen LogP contribution in [0.4, 0.5) is 13.2 Å². The highest BCUT2D eigenvalue weighted by Crippen LogP contribution is 2.44. The third-order valence-corrected chi connectivity index (χ3v) is 8.03. The molecule has 6 rings (SSSR count). The number of fused-ring (bicyclic) bond motifs is 3. The largest absolute Gasteiger partial charge is 0.418 e. The van der Waals surface area contributed by atoms with Gasteiger partial charge in [0, 0.05) is 43.6 Å². The SMILES string of the molecule is Cc1nnn(C)c1-c1cnc2c3ccc(C(C)(C)O)cc3n(C(c3ncccc3C(F)(F)F)C3CCOCC3)c2c1. The Labute approximate surface area is 234 Å². The second-order valence-electron chi connectivity index (χ2n) is 11.2. The summed E-state index contributed by atoms with van der Waals surface area (Å²) in [5.74, 6) is -0.187. The van der Waals surface area contributed by atoms with Crippen LogP contribution in [0.5, 0.6) is 0 Å². The van der Waals surface area contributed by atoms with Crippen LogP contribution in [0.2, 0.25) is 0 Å². The van der Waals surface area contributed by atoms with Gasteiger partial charge < -0.3 is 14.4 Å². The van der Waals surface area contributed by atoms with E-state index in [4.69, 9.17) is 9.72 Å². The highest BCUT2D eigenvalue weighted by Gasteiger charge is 2.40. The predicted molar refractivity (Wildman–Crippen MR) is 148 cm³/mol. The summed E-state index contributed by atoms with van der Waals surface area (Å²) < 4.78 is 52.6. The van der Waals surface area contributed by atoms with Gasteiger partial charge in [-0.05, 0) is 69.4 Å². The molecule has 1 unspecified atom stereocenters. The number of hydrogen-bond donors (Lipinski definition) is 1. The van der Waals surface area contributed by atoms with Crippen molar-refractivity contribution in [1.29, 1.82) is 0 Å². The number of alkyl halides is 3. The van der Waals surface area contributed by atoms with E-state index in [1.807, 2.05) is 35.8 Å². The highest BCUT2D eigenvalue weighted by molar-refractivity contribution is 6.07. The molecule has 5 heterocycles. The quantitative estimate of drug-likeness (QED) is 0.284. The van der Waals surface area contributed by atoms with Crippen molar-refractivity contribution < 1.29 is 23.0 Å². The molecule has 1 N–H and O–H groups in total. The van der Waals surface area contributed by atoms with Gasteiger partial charge in [0.05, 0.1) is 50.8 Å². The lowest BCUT2D eigenvalue weighted by Gasteiger charge is -2.33. The van der Waals surface area contributed by atoms with Crippen molar-refractivity contribution in [3.63, 3.8) is 0 Å². The molecule has 1 aliphatic heterocycles. The van der Waals surface area contributed by atoms with Gasteiger partial charge in [0.2, 0.25) is 0 Å². The Balaban J connectivity index is 1.73. The minimum Gasteiger partial charge on any atom is -0.386 e. The topological polar surface area (TPSA) is 90.9 Å². The molecule has 0 radical (unpaired) electrons. The number of aryl methyl sites for hydroxylation is 2. The van der Waals surface area contributed by atoms with Crippen LogP contribution < -0.4 is 0 Å². The maximum absolute atomic E-state index is 14.5. The van der Waals surface area contributed by atoms with E-state index in [9.17, 15) is 18.3 Å². The molecule has 214 valence electrons. The van der Waals surface area contributed by atoms with Crippen molar-refractivity contribution >= 4 is 21.9 Å². The van der Waals surface area contributed by atoms with E-state index in [0.717, 1.165) is 22.7 Å². The van der Waals surface area contributed by atoms with Gasteiger partial charge in [-0.25, -0.2) is 4.68 Å². The minimum atomic E-state index is -4.59. The second kappa shape index (κ2) is 9.92. The zero-order valence-corrected chi connectivity index (χ0v) is 23.3. The first-order valence-corrected chi connectivity index (χ1v) is 13.6. The lowest BCUT2D eigenvalue weighted by atomic mass is 9.87. The number of nitrogens with zero attached hydrogens (tertiary/aromatic N) is 6. The molecule has 11 heteroatoms. The summed E-state index contributed by atoms with van der Waals surface area (Å²) >= 11 is 0. The standard InChI is InChI=1S/C30H31F3N6O2/c1-17-27(38(4)37-36-17)19-14-24-25(35-16-19)21-8-7-20(29(2,3)40)15-23(21)39(24)28(18-9-12-41-13-10-18)26-22(30(31,32)33)6-5-11-34-26/h5-8,11,14-16,18,28,40H,9-10,12-13H2,1-4H3. The van der Waals surface area contributed by atoms with Crippen molar-refractivity contribution in [3.8, 4) is 11.3 Å². The van der Waals surface area contributed by atoms with Crippen molar-refractivity contribution in [3.05, 3.63) is 71.3 Å². The number of ether oxygens (including phenoxy) is 1. The molecule has 41 heavy (non-hydrogen) atoms. The Hall–Kier alpha value is -3.83. The first-order chi connectivity index (χ1) is 19.4. The highest BCUT2D eigenvalue weighted by atomic mass is 19.4. The first-order valence-electron chi connectivity index (χ1n) is 13.6.